The summed E-state index contributed by atoms with van der Waals surface area (Å²) in [6.45, 7) is 6.28. The summed E-state index contributed by atoms with van der Waals surface area (Å²) in [5, 5.41) is 2.37. The van der Waals surface area contributed by atoms with Crippen LogP contribution in [0, 0.1) is 0 Å². The van der Waals surface area contributed by atoms with Crippen molar-refractivity contribution in [1.29, 1.82) is 0 Å². The Kier molecular flexibility index (Phi) is 5.62. The number of thiazole rings is 1. The van der Waals surface area contributed by atoms with Gasteiger partial charge in [-0.2, -0.15) is 4.98 Å². The lowest BCUT2D eigenvalue weighted by Gasteiger charge is -2.55. The zero-order chi connectivity index (χ0) is 27.0. The lowest BCUT2D eigenvalue weighted by Crippen LogP contribution is -2.70. The fourth-order valence-electron chi connectivity index (χ4n) is 5.33. The summed E-state index contributed by atoms with van der Waals surface area (Å²) in [4.78, 5) is 25.1. The smallest absolute Gasteiger partial charge is 0.444 e. The molecule has 13 heteroatoms. The Balaban J connectivity index is 1.40. The molecule has 1 amide bonds. The van der Waals surface area contributed by atoms with E-state index in [-0.39, 0.29) is 40.9 Å². The van der Waals surface area contributed by atoms with Crippen LogP contribution in [0.1, 0.15) is 45.6 Å². The normalized spacial score (nSPS) is 22.4. The largest absolute Gasteiger partial charge is 0.573 e. The van der Waals surface area contributed by atoms with Crippen LogP contribution in [0.4, 0.5) is 24.0 Å². The van der Waals surface area contributed by atoms with E-state index in [9.17, 15) is 18.0 Å². The first-order chi connectivity index (χ1) is 17.9. The predicted molar refractivity (Wildman–Crippen MR) is 132 cm³/mol. The topological polar surface area (TPSA) is 90.2 Å². The van der Waals surface area contributed by atoms with Gasteiger partial charge in [0.15, 0.2) is 16.8 Å². The number of anilines is 1. The number of amides is 1. The van der Waals surface area contributed by atoms with Crippen molar-refractivity contribution in [2.24, 2.45) is 0 Å². The summed E-state index contributed by atoms with van der Waals surface area (Å²) >= 11 is 1.34. The van der Waals surface area contributed by atoms with Gasteiger partial charge in [-0.05, 0) is 46.1 Å². The van der Waals surface area contributed by atoms with Crippen LogP contribution in [0.25, 0.3) is 21.7 Å². The number of rotatable bonds is 5. The summed E-state index contributed by atoms with van der Waals surface area (Å²) in [5.74, 6) is -0.417. The molecule has 1 aromatic carbocycles. The van der Waals surface area contributed by atoms with Crippen LogP contribution in [-0.2, 0) is 15.1 Å². The molecule has 38 heavy (non-hydrogen) atoms. The van der Waals surface area contributed by atoms with E-state index in [1.165, 1.54) is 18.4 Å². The lowest BCUT2D eigenvalue weighted by atomic mass is 9.88. The van der Waals surface area contributed by atoms with Gasteiger partial charge in [-0.1, -0.05) is 0 Å². The Morgan fingerprint density at radius 1 is 1.21 bits per heavy atom. The molecule has 2 atom stereocenters. The van der Waals surface area contributed by atoms with Crippen molar-refractivity contribution in [3.8, 4) is 16.3 Å². The Bertz CT molecular complexity index is 1370. The maximum atomic E-state index is 13.6. The van der Waals surface area contributed by atoms with Crippen molar-refractivity contribution in [3.05, 3.63) is 23.2 Å². The molecule has 204 valence electrons. The summed E-state index contributed by atoms with van der Waals surface area (Å²) in [7, 11) is 1.47. The number of piperidine rings is 1. The molecule has 3 aromatic rings. The Morgan fingerprint density at radius 3 is 2.47 bits per heavy atom. The van der Waals surface area contributed by atoms with Crippen LogP contribution in [-0.4, -0.2) is 65.2 Å². The minimum absolute atomic E-state index is 0.0356. The number of oxazole rings is 1. The second-order valence-electron chi connectivity index (χ2n) is 10.9. The fourth-order valence-corrected chi connectivity index (χ4v) is 5.98. The summed E-state index contributed by atoms with van der Waals surface area (Å²) in [6, 6.07) is 1.57. The third kappa shape index (κ3) is 4.35. The quantitative estimate of drug-likeness (QED) is 0.399. The number of hydrogen-bond acceptors (Lipinski definition) is 9. The van der Waals surface area contributed by atoms with Gasteiger partial charge in [-0.15, -0.1) is 24.5 Å². The first-order valence-electron chi connectivity index (χ1n) is 12.3. The Morgan fingerprint density at radius 2 is 1.92 bits per heavy atom. The maximum absolute atomic E-state index is 13.6. The average molecular weight is 553 g/mol. The number of halogens is 3. The summed E-state index contributed by atoms with van der Waals surface area (Å²) < 4.78 is 62.7. The van der Waals surface area contributed by atoms with Gasteiger partial charge in [0.2, 0.25) is 0 Å². The van der Waals surface area contributed by atoms with Gasteiger partial charge in [0.25, 0.3) is 6.01 Å². The number of nitrogens with zero attached hydrogens (tertiary/aromatic N) is 4. The first-order valence-corrected chi connectivity index (χ1v) is 13.2. The predicted octanol–water partition coefficient (Wildman–Crippen LogP) is 5.68. The zero-order valence-electron chi connectivity index (χ0n) is 21.3. The van der Waals surface area contributed by atoms with Crippen molar-refractivity contribution >= 4 is 34.5 Å². The van der Waals surface area contributed by atoms with Crippen LogP contribution in [0.3, 0.4) is 0 Å². The number of fused-ring (bicyclic) bond motifs is 3. The van der Waals surface area contributed by atoms with Gasteiger partial charge in [0.1, 0.15) is 10.6 Å². The first kappa shape index (κ1) is 25.2. The molecule has 2 aromatic heterocycles. The molecule has 4 aliphatic rings. The molecule has 9 nitrogen and oxygen atoms in total. The molecule has 3 aliphatic heterocycles. The van der Waals surface area contributed by atoms with Gasteiger partial charge < -0.3 is 23.5 Å². The number of benzene rings is 1. The van der Waals surface area contributed by atoms with Crippen LogP contribution >= 0.6 is 11.3 Å². The summed E-state index contributed by atoms with van der Waals surface area (Å²) in [5.41, 5.74) is -0.576. The van der Waals surface area contributed by atoms with Crippen molar-refractivity contribution in [3.63, 3.8) is 0 Å². The Hall–Kier alpha value is -3.06. The van der Waals surface area contributed by atoms with Crippen LogP contribution < -0.4 is 9.64 Å². The highest BCUT2D eigenvalue weighted by Crippen LogP contribution is 2.55. The minimum Gasteiger partial charge on any atom is -0.444 e. The molecular formula is C25H27F3N4O5S. The molecule has 7 rings (SSSR count). The number of alkyl halides is 3. The molecule has 1 aliphatic carbocycles. The molecule has 0 N–H and O–H groups in total. The van der Waals surface area contributed by atoms with E-state index in [1.54, 1.807) is 22.5 Å². The molecule has 2 bridgehead atoms. The van der Waals surface area contributed by atoms with Gasteiger partial charge in [-0.3, -0.25) is 4.90 Å². The minimum atomic E-state index is -4.94. The number of hydrogen-bond donors (Lipinski definition) is 0. The molecule has 5 heterocycles. The van der Waals surface area contributed by atoms with E-state index in [4.69, 9.17) is 13.9 Å². The molecule has 2 unspecified atom stereocenters. The molecule has 3 saturated heterocycles. The maximum Gasteiger partial charge on any atom is 0.573 e. The van der Waals surface area contributed by atoms with Gasteiger partial charge in [-0.25, -0.2) is 9.78 Å². The number of methoxy groups -OCH3 is 1. The van der Waals surface area contributed by atoms with Crippen LogP contribution in [0.15, 0.2) is 22.1 Å². The van der Waals surface area contributed by atoms with E-state index < -0.39 is 23.3 Å². The fraction of sp³-hybridized carbons (Fsp3) is 0.560. The second kappa shape index (κ2) is 8.47. The number of carbonyl (C=O) groups excluding carboxylic acids is 1. The SMILES string of the molecule is COC1(c2cc(-c3nccs3)c3oc(N4CC5CC(C4)N5C(=O)OC(C)(C)C)nc3c2OC(F)(F)F)CC1. The highest BCUT2D eigenvalue weighted by molar-refractivity contribution is 7.13. The summed E-state index contributed by atoms with van der Waals surface area (Å²) in [6.07, 6.45) is -1.77. The van der Waals surface area contributed by atoms with Crippen LogP contribution in [0.5, 0.6) is 5.75 Å². The van der Waals surface area contributed by atoms with Crippen molar-refractivity contribution in [2.75, 3.05) is 25.1 Å². The van der Waals surface area contributed by atoms with Gasteiger partial charge in [0.05, 0.1) is 23.2 Å². The lowest BCUT2D eigenvalue weighted by molar-refractivity contribution is -0.274. The van der Waals surface area contributed by atoms with E-state index in [2.05, 4.69) is 14.7 Å². The van der Waals surface area contributed by atoms with Crippen molar-refractivity contribution in [1.82, 2.24) is 14.9 Å². The molecule has 0 radical (unpaired) electrons. The third-order valence-electron chi connectivity index (χ3n) is 7.14. The van der Waals surface area contributed by atoms with E-state index in [0.717, 1.165) is 6.42 Å². The zero-order valence-corrected chi connectivity index (χ0v) is 22.1. The van der Waals surface area contributed by atoms with Crippen LogP contribution in [0.2, 0.25) is 0 Å². The van der Waals surface area contributed by atoms with Crippen molar-refractivity contribution < 1.29 is 36.6 Å². The molecule has 4 fully saturated rings. The number of ether oxygens (including phenoxy) is 3. The van der Waals surface area contributed by atoms with E-state index >= 15 is 0 Å². The second-order valence-corrected chi connectivity index (χ2v) is 11.8. The van der Waals surface area contributed by atoms with Gasteiger partial charge in [0, 0.05) is 37.3 Å². The monoisotopic (exact) mass is 552 g/mol. The molecule has 1 saturated carbocycles. The third-order valence-corrected chi connectivity index (χ3v) is 7.95. The molecular weight excluding hydrogens is 525 g/mol. The molecule has 0 spiro atoms. The standard InChI is InChI=1S/C25H27F3N4O5S/c1-23(2,3)37-22(33)32-13-9-14(32)12-31(11-13)21-30-17-18(35-21)15(20-29-7-8-38-20)10-16(24(34-4)5-6-24)19(17)36-25(26,27)28/h7-8,10,13-14H,5-6,9,11-12H2,1-4H3. The number of carbonyl (C=O) groups is 1. The highest BCUT2D eigenvalue weighted by atomic mass is 32.1. The van der Waals surface area contributed by atoms with Gasteiger partial charge >= 0.3 is 12.5 Å². The van der Waals surface area contributed by atoms with Crippen molar-refractivity contribution in [2.45, 2.75) is 69.7 Å². The Labute approximate surface area is 220 Å². The number of aromatic nitrogens is 2. The average Bonchev–Trinajstić information content (AvgIpc) is 3.21. The number of piperazine rings is 1. The van der Waals surface area contributed by atoms with E-state index in [1.807, 2.05) is 25.7 Å². The highest BCUT2D eigenvalue weighted by Gasteiger charge is 2.51. The van der Waals surface area contributed by atoms with E-state index in [0.29, 0.717) is 36.5 Å².